The van der Waals surface area contributed by atoms with E-state index >= 15 is 0 Å². The average Bonchev–Trinajstić information content (AvgIpc) is 2.80. The van der Waals surface area contributed by atoms with Gasteiger partial charge in [0, 0.05) is 6.42 Å². The van der Waals surface area contributed by atoms with Gasteiger partial charge in [-0.15, -0.1) is 0 Å². The monoisotopic (exact) mass is 502 g/mol. The number of carbonyl (C=O) groups excluding carboxylic acids is 4. The van der Waals surface area contributed by atoms with Crippen LogP contribution in [0.25, 0.3) is 0 Å². The Labute approximate surface area is 210 Å². The zero-order chi connectivity index (χ0) is 26.5. The first-order valence-corrected chi connectivity index (χ1v) is 13.1. The number of carbonyl (C=O) groups is 4. The third-order valence-electron chi connectivity index (χ3n) is 5.23. The molecule has 1 atom stereocenters. The van der Waals surface area contributed by atoms with Crippen molar-refractivity contribution in [2.45, 2.75) is 130 Å². The van der Waals surface area contributed by atoms with Crippen molar-refractivity contribution in [2.75, 3.05) is 13.2 Å². The molecule has 0 heterocycles. The van der Waals surface area contributed by atoms with E-state index in [0.717, 1.165) is 51.4 Å². The summed E-state index contributed by atoms with van der Waals surface area (Å²) in [6.07, 6.45) is 11.7. The van der Waals surface area contributed by atoms with Crippen molar-refractivity contribution in [1.82, 2.24) is 0 Å². The Balaban J connectivity index is 4.10. The van der Waals surface area contributed by atoms with Gasteiger partial charge in [0.1, 0.15) is 11.7 Å². The molecule has 0 rings (SSSR count). The number of ether oxygens (including phenoxy) is 3. The van der Waals surface area contributed by atoms with Gasteiger partial charge in [-0.2, -0.15) is 4.89 Å². The first kappa shape index (κ1) is 32.8. The van der Waals surface area contributed by atoms with Crippen molar-refractivity contribution in [3.8, 4) is 0 Å². The van der Waals surface area contributed by atoms with E-state index < -0.39 is 35.6 Å². The molecule has 0 saturated heterocycles. The minimum Gasteiger partial charge on any atom is -0.457 e. The predicted octanol–water partition coefficient (Wildman–Crippen LogP) is 5.37. The SMILES string of the molecule is CCCCCCCCOC(=O)C(=O)OOC(C)(C)CC(C)OC(=O)C(=O)OCCCCCCCC. The molecule has 0 fully saturated rings. The van der Waals surface area contributed by atoms with Gasteiger partial charge in [0.25, 0.3) is 0 Å². The molecule has 1 unspecified atom stereocenters. The van der Waals surface area contributed by atoms with Gasteiger partial charge in [-0.25, -0.2) is 19.2 Å². The summed E-state index contributed by atoms with van der Waals surface area (Å²) in [5.74, 6) is -4.51. The molecule has 35 heavy (non-hydrogen) atoms. The molecule has 0 aromatic carbocycles. The fourth-order valence-corrected chi connectivity index (χ4v) is 3.40. The Hall–Kier alpha value is -2.16. The van der Waals surface area contributed by atoms with E-state index in [9.17, 15) is 19.2 Å². The van der Waals surface area contributed by atoms with Crippen LogP contribution in [0.1, 0.15) is 118 Å². The first-order valence-electron chi connectivity index (χ1n) is 13.1. The zero-order valence-electron chi connectivity index (χ0n) is 22.4. The van der Waals surface area contributed by atoms with Gasteiger partial charge >= 0.3 is 23.9 Å². The van der Waals surface area contributed by atoms with E-state index in [4.69, 9.17) is 19.1 Å². The van der Waals surface area contributed by atoms with E-state index in [1.165, 1.54) is 12.8 Å². The van der Waals surface area contributed by atoms with E-state index in [2.05, 4.69) is 18.7 Å². The Morgan fingerprint density at radius 2 is 1.06 bits per heavy atom. The summed E-state index contributed by atoms with van der Waals surface area (Å²) in [5, 5.41) is 0. The molecule has 0 spiro atoms. The highest BCUT2D eigenvalue weighted by molar-refractivity contribution is 6.30. The van der Waals surface area contributed by atoms with E-state index in [-0.39, 0.29) is 19.6 Å². The molecule has 0 aromatic rings. The zero-order valence-corrected chi connectivity index (χ0v) is 22.4. The van der Waals surface area contributed by atoms with Crippen LogP contribution in [-0.4, -0.2) is 48.8 Å². The van der Waals surface area contributed by atoms with Crippen molar-refractivity contribution in [3.05, 3.63) is 0 Å². The molecule has 0 aliphatic heterocycles. The highest BCUT2D eigenvalue weighted by Gasteiger charge is 2.30. The van der Waals surface area contributed by atoms with Gasteiger partial charge in [0.15, 0.2) is 0 Å². The van der Waals surface area contributed by atoms with Crippen LogP contribution in [0.5, 0.6) is 0 Å². The molecule has 0 radical (unpaired) electrons. The number of esters is 3. The van der Waals surface area contributed by atoms with Crippen molar-refractivity contribution in [2.24, 2.45) is 0 Å². The lowest BCUT2D eigenvalue weighted by molar-refractivity contribution is -0.327. The molecular formula is C26H46O9. The first-order chi connectivity index (χ1) is 16.6. The van der Waals surface area contributed by atoms with Crippen LogP contribution in [0.15, 0.2) is 0 Å². The highest BCUT2D eigenvalue weighted by atomic mass is 17.2. The molecule has 9 heteroatoms. The maximum Gasteiger partial charge on any atom is 0.449 e. The lowest BCUT2D eigenvalue weighted by Gasteiger charge is -2.25. The second-order valence-corrected chi connectivity index (χ2v) is 9.44. The number of unbranched alkanes of at least 4 members (excludes halogenated alkanes) is 10. The van der Waals surface area contributed by atoms with Crippen LogP contribution in [0, 0.1) is 0 Å². The van der Waals surface area contributed by atoms with Crippen molar-refractivity contribution >= 4 is 23.9 Å². The standard InChI is InChI=1S/C26H46O9/c1-6-8-10-12-14-16-18-31-22(27)24(29)33-21(3)20-26(4,5)35-34-25(30)23(28)32-19-17-15-13-11-9-7-2/h21H,6-20H2,1-5H3. The summed E-state index contributed by atoms with van der Waals surface area (Å²) in [6, 6.07) is 0. The van der Waals surface area contributed by atoms with Crippen molar-refractivity contribution in [1.29, 1.82) is 0 Å². The van der Waals surface area contributed by atoms with Gasteiger partial charge in [-0.1, -0.05) is 78.1 Å². The van der Waals surface area contributed by atoms with Gasteiger partial charge in [0.2, 0.25) is 0 Å². The Morgan fingerprint density at radius 3 is 1.54 bits per heavy atom. The summed E-state index contributed by atoms with van der Waals surface area (Å²) >= 11 is 0. The maximum absolute atomic E-state index is 11.9. The lowest BCUT2D eigenvalue weighted by Crippen LogP contribution is -2.35. The van der Waals surface area contributed by atoms with Crippen LogP contribution >= 0.6 is 0 Å². The fraction of sp³-hybridized carbons (Fsp3) is 0.846. The van der Waals surface area contributed by atoms with Crippen LogP contribution in [0.3, 0.4) is 0 Å². The summed E-state index contributed by atoms with van der Waals surface area (Å²) in [5.41, 5.74) is -1.09. The summed E-state index contributed by atoms with van der Waals surface area (Å²) in [6.45, 7) is 9.34. The van der Waals surface area contributed by atoms with Gasteiger partial charge < -0.3 is 14.2 Å². The second-order valence-electron chi connectivity index (χ2n) is 9.44. The molecule has 0 N–H and O–H groups in total. The van der Waals surface area contributed by atoms with E-state index in [0.29, 0.717) is 12.8 Å². The molecule has 9 nitrogen and oxygen atoms in total. The molecule has 0 bridgehead atoms. The molecule has 0 aliphatic carbocycles. The van der Waals surface area contributed by atoms with Crippen molar-refractivity contribution in [3.63, 3.8) is 0 Å². The molecule has 0 saturated carbocycles. The summed E-state index contributed by atoms with van der Waals surface area (Å²) in [7, 11) is 0. The molecule has 0 aliphatic rings. The average molecular weight is 503 g/mol. The van der Waals surface area contributed by atoms with Crippen LogP contribution in [-0.2, 0) is 43.2 Å². The second kappa shape index (κ2) is 20.1. The number of rotatable bonds is 19. The largest absolute Gasteiger partial charge is 0.457 e. The summed E-state index contributed by atoms with van der Waals surface area (Å²) < 4.78 is 14.9. The third-order valence-corrected chi connectivity index (χ3v) is 5.23. The van der Waals surface area contributed by atoms with E-state index in [1.54, 1.807) is 20.8 Å². The smallest absolute Gasteiger partial charge is 0.449 e. The van der Waals surface area contributed by atoms with Crippen molar-refractivity contribution < 1.29 is 43.2 Å². The maximum atomic E-state index is 11.9. The highest BCUT2D eigenvalue weighted by Crippen LogP contribution is 2.19. The Kier molecular flexibility index (Phi) is 18.8. The Bertz CT molecular complexity index is 616. The topological polar surface area (TPSA) is 114 Å². The van der Waals surface area contributed by atoms with Gasteiger partial charge in [0.05, 0.1) is 13.2 Å². The number of hydrogen-bond donors (Lipinski definition) is 0. The summed E-state index contributed by atoms with van der Waals surface area (Å²) in [4.78, 5) is 56.8. The predicted molar refractivity (Wildman–Crippen MR) is 130 cm³/mol. The Morgan fingerprint density at radius 1 is 0.629 bits per heavy atom. The van der Waals surface area contributed by atoms with Crippen LogP contribution < -0.4 is 0 Å². The number of hydrogen-bond acceptors (Lipinski definition) is 9. The van der Waals surface area contributed by atoms with E-state index in [1.807, 2.05) is 0 Å². The fourth-order valence-electron chi connectivity index (χ4n) is 3.40. The molecule has 0 aromatic heterocycles. The minimum absolute atomic E-state index is 0.101. The van der Waals surface area contributed by atoms with Gasteiger partial charge in [-0.05, 0) is 33.6 Å². The minimum atomic E-state index is -1.26. The lowest BCUT2D eigenvalue weighted by atomic mass is 10.0. The molecule has 0 amide bonds. The normalized spacial score (nSPS) is 12.0. The molecule has 204 valence electrons. The molecular weight excluding hydrogens is 456 g/mol. The van der Waals surface area contributed by atoms with Gasteiger partial charge in [-0.3, -0.25) is 4.89 Å². The van der Waals surface area contributed by atoms with Crippen LogP contribution in [0.2, 0.25) is 0 Å². The quantitative estimate of drug-likeness (QED) is 0.0574. The third kappa shape index (κ3) is 18.8. The van der Waals surface area contributed by atoms with Crippen LogP contribution in [0.4, 0.5) is 0 Å².